The minimum absolute atomic E-state index is 0.116. The predicted octanol–water partition coefficient (Wildman–Crippen LogP) is 4.35. The van der Waals surface area contributed by atoms with Gasteiger partial charge < -0.3 is 10.1 Å². The van der Waals surface area contributed by atoms with Crippen LogP contribution in [0, 0.1) is 13.8 Å². The quantitative estimate of drug-likeness (QED) is 0.521. The zero-order valence-corrected chi connectivity index (χ0v) is 19.6. The maximum absolute atomic E-state index is 12.2. The number of nitrogens with zero attached hydrogens (tertiary/aromatic N) is 1. The first kappa shape index (κ1) is 24.3. The van der Waals surface area contributed by atoms with Crippen LogP contribution in [0.1, 0.15) is 24.0 Å². The van der Waals surface area contributed by atoms with Gasteiger partial charge in [0, 0.05) is 18.0 Å². The lowest BCUT2D eigenvalue weighted by molar-refractivity contribution is -0.121. The fourth-order valence-corrected chi connectivity index (χ4v) is 4.25. The number of rotatable bonds is 10. The Balaban J connectivity index is 1.82. The lowest BCUT2D eigenvalue weighted by atomic mass is 10.1. The Morgan fingerprint density at radius 2 is 1.90 bits per heavy atom. The van der Waals surface area contributed by atoms with E-state index in [9.17, 15) is 13.2 Å². The van der Waals surface area contributed by atoms with Gasteiger partial charge in [0.2, 0.25) is 15.9 Å². The summed E-state index contributed by atoms with van der Waals surface area (Å²) in [7, 11) is -3.58. The molecule has 164 valence electrons. The molecule has 2 rings (SSSR count). The Morgan fingerprint density at radius 3 is 2.60 bits per heavy atom. The second-order valence-electron chi connectivity index (χ2n) is 6.93. The van der Waals surface area contributed by atoms with Crippen LogP contribution in [-0.2, 0) is 14.8 Å². The Hall–Kier alpha value is -1.96. The van der Waals surface area contributed by atoms with Gasteiger partial charge in [-0.1, -0.05) is 35.3 Å². The molecule has 0 bridgehead atoms. The van der Waals surface area contributed by atoms with Crippen molar-refractivity contribution >= 4 is 44.8 Å². The molecule has 0 spiro atoms. The fraction of sp³-hybridized carbons (Fsp3) is 0.381. The Labute approximate surface area is 188 Å². The third kappa shape index (κ3) is 7.07. The molecule has 0 radical (unpaired) electrons. The number of nitrogens with one attached hydrogen (secondary N) is 1. The van der Waals surface area contributed by atoms with Gasteiger partial charge in [0.05, 0.1) is 23.5 Å². The molecule has 2 aromatic rings. The van der Waals surface area contributed by atoms with E-state index in [0.29, 0.717) is 30.3 Å². The zero-order chi connectivity index (χ0) is 22.3. The first-order valence-electron chi connectivity index (χ1n) is 9.48. The summed E-state index contributed by atoms with van der Waals surface area (Å²) in [5.74, 6) is 0.622. The van der Waals surface area contributed by atoms with Crippen LogP contribution in [0.4, 0.5) is 5.69 Å². The highest BCUT2D eigenvalue weighted by Gasteiger charge is 2.20. The number of carbonyl (C=O) groups is 1. The van der Waals surface area contributed by atoms with E-state index in [1.54, 1.807) is 12.1 Å². The third-order valence-electron chi connectivity index (χ3n) is 4.58. The van der Waals surface area contributed by atoms with E-state index >= 15 is 0 Å². The summed E-state index contributed by atoms with van der Waals surface area (Å²) in [5.41, 5.74) is 2.52. The van der Waals surface area contributed by atoms with Crippen molar-refractivity contribution in [2.45, 2.75) is 26.7 Å². The van der Waals surface area contributed by atoms with E-state index in [0.717, 1.165) is 27.4 Å². The van der Waals surface area contributed by atoms with E-state index in [1.807, 2.05) is 32.0 Å². The largest absolute Gasteiger partial charge is 0.491 e. The second kappa shape index (κ2) is 10.9. The number of amides is 1. The Bertz CT molecular complexity index is 996. The van der Waals surface area contributed by atoms with Gasteiger partial charge in [-0.15, -0.1) is 0 Å². The molecule has 0 fully saturated rings. The third-order valence-corrected chi connectivity index (χ3v) is 6.31. The molecule has 2 aromatic carbocycles. The number of hydrogen-bond acceptors (Lipinski definition) is 4. The number of benzene rings is 2. The summed E-state index contributed by atoms with van der Waals surface area (Å²) >= 11 is 12.1. The van der Waals surface area contributed by atoms with E-state index in [2.05, 4.69) is 5.32 Å². The SMILES string of the molecule is Cc1cccc(OCCNC(=O)CCCN(c2cc(Cl)ccc2Cl)S(C)(=O)=O)c1C. The number of aryl methyl sites for hydroxylation is 1. The molecule has 0 heterocycles. The van der Waals surface area contributed by atoms with Gasteiger partial charge in [-0.3, -0.25) is 9.10 Å². The molecule has 1 amide bonds. The van der Waals surface area contributed by atoms with E-state index in [-0.39, 0.29) is 23.9 Å². The number of hydrogen-bond donors (Lipinski definition) is 1. The van der Waals surface area contributed by atoms with Crippen LogP contribution < -0.4 is 14.4 Å². The van der Waals surface area contributed by atoms with Crippen molar-refractivity contribution in [1.82, 2.24) is 5.32 Å². The van der Waals surface area contributed by atoms with E-state index in [4.69, 9.17) is 27.9 Å². The molecular weight excluding hydrogens is 447 g/mol. The molecule has 0 aliphatic rings. The van der Waals surface area contributed by atoms with Gasteiger partial charge in [0.25, 0.3) is 0 Å². The van der Waals surface area contributed by atoms with Crippen LogP contribution >= 0.6 is 23.2 Å². The monoisotopic (exact) mass is 472 g/mol. The topological polar surface area (TPSA) is 75.7 Å². The highest BCUT2D eigenvalue weighted by atomic mass is 35.5. The van der Waals surface area contributed by atoms with Crippen LogP contribution in [0.2, 0.25) is 10.0 Å². The van der Waals surface area contributed by atoms with Crippen molar-refractivity contribution in [3.63, 3.8) is 0 Å². The Kier molecular flexibility index (Phi) is 8.82. The molecule has 0 aromatic heterocycles. The van der Waals surface area contributed by atoms with Gasteiger partial charge in [-0.05, 0) is 55.7 Å². The van der Waals surface area contributed by atoms with Gasteiger partial charge in [0.1, 0.15) is 12.4 Å². The number of ether oxygens (including phenoxy) is 1. The molecule has 0 unspecified atom stereocenters. The second-order valence-corrected chi connectivity index (χ2v) is 9.68. The van der Waals surface area contributed by atoms with Crippen molar-refractivity contribution < 1.29 is 17.9 Å². The van der Waals surface area contributed by atoms with E-state index in [1.165, 1.54) is 6.07 Å². The summed E-state index contributed by atoms with van der Waals surface area (Å²) in [5, 5.41) is 3.44. The smallest absolute Gasteiger partial charge is 0.232 e. The lowest BCUT2D eigenvalue weighted by Gasteiger charge is -2.23. The molecular formula is C21H26Cl2N2O4S. The normalized spacial score (nSPS) is 11.2. The molecule has 9 heteroatoms. The summed E-state index contributed by atoms with van der Waals surface area (Å²) in [4.78, 5) is 12.1. The summed E-state index contributed by atoms with van der Waals surface area (Å²) in [6.45, 7) is 4.83. The number of carbonyl (C=O) groups excluding carboxylic acids is 1. The van der Waals surface area contributed by atoms with Crippen molar-refractivity contribution in [2.24, 2.45) is 0 Å². The molecule has 0 saturated carbocycles. The van der Waals surface area contributed by atoms with Crippen LogP contribution in [-0.4, -0.2) is 40.3 Å². The molecule has 6 nitrogen and oxygen atoms in total. The highest BCUT2D eigenvalue weighted by Crippen LogP contribution is 2.30. The van der Waals surface area contributed by atoms with E-state index < -0.39 is 10.0 Å². The predicted molar refractivity (Wildman–Crippen MR) is 122 cm³/mol. The molecule has 0 saturated heterocycles. The molecule has 0 aliphatic carbocycles. The number of halogens is 2. The molecule has 0 atom stereocenters. The molecule has 30 heavy (non-hydrogen) atoms. The van der Waals surface area contributed by atoms with Crippen molar-refractivity contribution in [3.05, 3.63) is 57.6 Å². The van der Waals surface area contributed by atoms with Crippen molar-refractivity contribution in [3.8, 4) is 5.75 Å². The molecule has 0 aliphatic heterocycles. The van der Waals surface area contributed by atoms with Crippen LogP contribution in [0.5, 0.6) is 5.75 Å². The lowest BCUT2D eigenvalue weighted by Crippen LogP contribution is -2.33. The maximum atomic E-state index is 12.2. The highest BCUT2D eigenvalue weighted by molar-refractivity contribution is 7.92. The van der Waals surface area contributed by atoms with Gasteiger partial charge in [0.15, 0.2) is 0 Å². The minimum atomic E-state index is -3.58. The van der Waals surface area contributed by atoms with Gasteiger partial charge >= 0.3 is 0 Å². The number of anilines is 1. The first-order chi connectivity index (χ1) is 14.1. The van der Waals surface area contributed by atoms with Gasteiger partial charge in [-0.2, -0.15) is 0 Å². The summed E-state index contributed by atoms with van der Waals surface area (Å²) < 4.78 is 31.2. The van der Waals surface area contributed by atoms with Crippen LogP contribution in [0.25, 0.3) is 0 Å². The first-order valence-corrected chi connectivity index (χ1v) is 12.1. The molecule has 1 N–H and O–H groups in total. The summed E-state index contributed by atoms with van der Waals surface area (Å²) in [6.07, 6.45) is 1.60. The number of sulfonamides is 1. The van der Waals surface area contributed by atoms with Crippen molar-refractivity contribution in [1.29, 1.82) is 0 Å². The fourth-order valence-electron chi connectivity index (χ4n) is 2.85. The van der Waals surface area contributed by atoms with Crippen LogP contribution in [0.15, 0.2) is 36.4 Å². The maximum Gasteiger partial charge on any atom is 0.232 e. The zero-order valence-electron chi connectivity index (χ0n) is 17.2. The Morgan fingerprint density at radius 1 is 1.17 bits per heavy atom. The summed E-state index contributed by atoms with van der Waals surface area (Å²) in [6, 6.07) is 10.5. The average Bonchev–Trinajstić information content (AvgIpc) is 2.67. The average molecular weight is 473 g/mol. The van der Waals surface area contributed by atoms with Gasteiger partial charge in [-0.25, -0.2) is 8.42 Å². The standard InChI is InChI=1S/C21H26Cl2N2O4S/c1-15-6-4-7-20(16(15)2)29-13-11-24-21(26)8-5-12-25(30(3,27)28)19-14-17(22)9-10-18(19)23/h4,6-7,9-10,14H,5,8,11-13H2,1-3H3,(H,24,26). The van der Waals surface area contributed by atoms with Crippen LogP contribution in [0.3, 0.4) is 0 Å². The minimum Gasteiger partial charge on any atom is -0.491 e. The van der Waals surface area contributed by atoms with Crippen molar-refractivity contribution in [2.75, 3.05) is 30.3 Å².